The minimum atomic E-state index is 1.06. The molecule has 1 fully saturated rings. The highest BCUT2D eigenvalue weighted by atomic mass is 14.9. The summed E-state index contributed by atoms with van der Waals surface area (Å²) in [6.07, 6.45) is 9.21. The molecule has 0 unspecified atom stereocenters. The Bertz CT molecular complexity index is 269. The van der Waals surface area contributed by atoms with Gasteiger partial charge >= 0.3 is 0 Å². The SMILES string of the molecule is CC1=CC=C2CCNCC2=CC1. The topological polar surface area (TPSA) is 12.0 Å². The van der Waals surface area contributed by atoms with Crippen LogP contribution in [0.2, 0.25) is 0 Å². The molecule has 2 aliphatic rings. The van der Waals surface area contributed by atoms with E-state index in [0.717, 1.165) is 19.5 Å². The Morgan fingerprint density at radius 1 is 1.25 bits per heavy atom. The third-order valence-corrected chi connectivity index (χ3v) is 2.54. The average Bonchev–Trinajstić information content (AvgIpc) is 2.29. The maximum atomic E-state index is 3.39. The van der Waals surface area contributed by atoms with Crippen LogP contribution in [-0.4, -0.2) is 13.1 Å². The molecule has 0 bridgehead atoms. The lowest BCUT2D eigenvalue weighted by atomic mass is 9.99. The van der Waals surface area contributed by atoms with Gasteiger partial charge in [-0.15, -0.1) is 0 Å². The maximum Gasteiger partial charge on any atom is 0.0205 e. The quantitative estimate of drug-likeness (QED) is 0.574. The second-order valence-electron chi connectivity index (χ2n) is 3.57. The molecule has 64 valence electrons. The molecule has 1 heteroatoms. The predicted molar refractivity (Wildman–Crippen MR) is 52.0 cm³/mol. The molecule has 1 heterocycles. The van der Waals surface area contributed by atoms with Gasteiger partial charge in [0.25, 0.3) is 0 Å². The Morgan fingerprint density at radius 3 is 3.08 bits per heavy atom. The zero-order valence-corrected chi connectivity index (χ0v) is 7.56. The molecule has 0 spiro atoms. The largest absolute Gasteiger partial charge is 0.312 e. The van der Waals surface area contributed by atoms with E-state index in [1.165, 1.54) is 23.1 Å². The number of nitrogens with one attached hydrogen (secondary N) is 1. The van der Waals surface area contributed by atoms with Crippen molar-refractivity contribution in [2.45, 2.75) is 19.8 Å². The number of allylic oxidation sites excluding steroid dienone is 4. The molecule has 0 atom stereocenters. The van der Waals surface area contributed by atoms with Gasteiger partial charge < -0.3 is 5.32 Å². The minimum Gasteiger partial charge on any atom is -0.312 e. The Hall–Kier alpha value is -0.820. The van der Waals surface area contributed by atoms with Crippen LogP contribution in [-0.2, 0) is 0 Å². The summed E-state index contributed by atoms with van der Waals surface area (Å²) in [6.45, 7) is 4.39. The molecule has 12 heavy (non-hydrogen) atoms. The summed E-state index contributed by atoms with van der Waals surface area (Å²) in [5.74, 6) is 0. The molecule has 1 N–H and O–H groups in total. The van der Waals surface area contributed by atoms with E-state index in [4.69, 9.17) is 0 Å². The molecule has 1 nitrogen and oxygen atoms in total. The van der Waals surface area contributed by atoms with E-state index in [1.54, 1.807) is 0 Å². The van der Waals surface area contributed by atoms with Crippen LogP contribution >= 0.6 is 0 Å². The van der Waals surface area contributed by atoms with Crippen molar-refractivity contribution in [1.82, 2.24) is 5.32 Å². The van der Waals surface area contributed by atoms with Crippen LogP contribution in [0.25, 0.3) is 0 Å². The van der Waals surface area contributed by atoms with Crippen molar-refractivity contribution in [3.05, 3.63) is 34.9 Å². The monoisotopic (exact) mass is 161 g/mol. The van der Waals surface area contributed by atoms with Crippen LogP contribution in [0.1, 0.15) is 19.8 Å². The normalized spacial score (nSPS) is 23.2. The highest BCUT2D eigenvalue weighted by molar-refractivity contribution is 5.40. The van der Waals surface area contributed by atoms with Crippen LogP contribution in [0.4, 0.5) is 0 Å². The van der Waals surface area contributed by atoms with Gasteiger partial charge in [-0.05, 0) is 37.5 Å². The fraction of sp³-hybridized carbons (Fsp3) is 0.455. The molecule has 0 radical (unpaired) electrons. The first-order chi connectivity index (χ1) is 5.86. The molecule has 0 aromatic carbocycles. The number of piperidine rings is 1. The van der Waals surface area contributed by atoms with Crippen LogP contribution in [0.15, 0.2) is 34.9 Å². The number of hydrogen-bond donors (Lipinski definition) is 1. The van der Waals surface area contributed by atoms with Crippen LogP contribution in [0, 0.1) is 0 Å². The molecule has 0 amide bonds. The molecular weight excluding hydrogens is 146 g/mol. The lowest BCUT2D eigenvalue weighted by Crippen LogP contribution is -2.25. The van der Waals surface area contributed by atoms with Crippen molar-refractivity contribution in [3.63, 3.8) is 0 Å². The van der Waals surface area contributed by atoms with Gasteiger partial charge in [0.1, 0.15) is 0 Å². The first-order valence-corrected chi connectivity index (χ1v) is 4.63. The van der Waals surface area contributed by atoms with Crippen LogP contribution in [0.5, 0.6) is 0 Å². The summed E-state index contributed by atoms with van der Waals surface area (Å²) < 4.78 is 0. The van der Waals surface area contributed by atoms with Gasteiger partial charge in [-0.3, -0.25) is 0 Å². The highest BCUT2D eigenvalue weighted by Gasteiger charge is 2.11. The first kappa shape index (κ1) is 7.81. The standard InChI is InChI=1S/C11H15N/c1-9-2-4-10-6-7-12-8-11(10)5-3-9/h2,4-5,12H,3,6-8H2,1H3. The lowest BCUT2D eigenvalue weighted by molar-refractivity contribution is 0.682. The van der Waals surface area contributed by atoms with E-state index in [-0.39, 0.29) is 0 Å². The Kier molecular flexibility index (Phi) is 2.13. The van der Waals surface area contributed by atoms with E-state index in [2.05, 4.69) is 30.5 Å². The molecule has 1 saturated heterocycles. The number of fused-ring (bicyclic) bond motifs is 1. The maximum absolute atomic E-state index is 3.39. The van der Waals surface area contributed by atoms with Gasteiger partial charge in [-0.25, -0.2) is 0 Å². The van der Waals surface area contributed by atoms with Crippen molar-refractivity contribution in [2.75, 3.05) is 13.1 Å². The average molecular weight is 161 g/mol. The summed E-state index contributed by atoms with van der Waals surface area (Å²) in [4.78, 5) is 0. The summed E-state index contributed by atoms with van der Waals surface area (Å²) in [6, 6.07) is 0. The first-order valence-electron chi connectivity index (χ1n) is 4.63. The number of hydrogen-bond acceptors (Lipinski definition) is 1. The Balaban J connectivity index is 2.27. The summed E-state index contributed by atoms with van der Waals surface area (Å²) in [5.41, 5.74) is 4.50. The van der Waals surface area contributed by atoms with Gasteiger partial charge in [0.05, 0.1) is 0 Å². The third kappa shape index (κ3) is 1.51. The van der Waals surface area contributed by atoms with E-state index in [1.807, 2.05) is 0 Å². The molecule has 0 saturated carbocycles. The van der Waals surface area contributed by atoms with E-state index in [0.29, 0.717) is 0 Å². The number of rotatable bonds is 0. The predicted octanol–water partition coefficient (Wildman–Crippen LogP) is 2.18. The molecule has 1 aliphatic heterocycles. The van der Waals surface area contributed by atoms with Crippen molar-refractivity contribution in [3.8, 4) is 0 Å². The zero-order valence-electron chi connectivity index (χ0n) is 7.56. The van der Waals surface area contributed by atoms with Crippen molar-refractivity contribution in [1.29, 1.82) is 0 Å². The summed E-state index contributed by atoms with van der Waals surface area (Å²) in [5, 5.41) is 3.39. The van der Waals surface area contributed by atoms with E-state index in [9.17, 15) is 0 Å². The van der Waals surface area contributed by atoms with Crippen LogP contribution in [0.3, 0.4) is 0 Å². The highest BCUT2D eigenvalue weighted by Crippen LogP contribution is 2.22. The Morgan fingerprint density at radius 2 is 2.17 bits per heavy atom. The molecule has 0 aromatic heterocycles. The molecule has 2 rings (SSSR count). The van der Waals surface area contributed by atoms with E-state index < -0.39 is 0 Å². The lowest BCUT2D eigenvalue weighted by Gasteiger charge is -2.18. The van der Waals surface area contributed by atoms with E-state index >= 15 is 0 Å². The molecule has 1 aliphatic carbocycles. The molecule has 0 aromatic rings. The Labute approximate surface area is 73.9 Å². The van der Waals surface area contributed by atoms with Gasteiger partial charge in [-0.1, -0.05) is 23.8 Å². The third-order valence-electron chi connectivity index (χ3n) is 2.54. The van der Waals surface area contributed by atoms with Crippen molar-refractivity contribution in [2.24, 2.45) is 0 Å². The van der Waals surface area contributed by atoms with Gasteiger partial charge in [0.2, 0.25) is 0 Å². The fourth-order valence-corrected chi connectivity index (χ4v) is 1.71. The minimum absolute atomic E-state index is 1.06. The van der Waals surface area contributed by atoms with Gasteiger partial charge in [0.15, 0.2) is 0 Å². The molecular formula is C11H15N. The van der Waals surface area contributed by atoms with Crippen LogP contribution < -0.4 is 5.32 Å². The second-order valence-corrected chi connectivity index (χ2v) is 3.57. The second kappa shape index (κ2) is 3.28. The van der Waals surface area contributed by atoms with Crippen molar-refractivity contribution < 1.29 is 0 Å². The summed E-state index contributed by atoms with van der Waals surface area (Å²) >= 11 is 0. The van der Waals surface area contributed by atoms with Crippen molar-refractivity contribution >= 4 is 0 Å². The van der Waals surface area contributed by atoms with Gasteiger partial charge in [0, 0.05) is 6.54 Å². The van der Waals surface area contributed by atoms with Gasteiger partial charge in [-0.2, -0.15) is 0 Å². The summed E-state index contributed by atoms with van der Waals surface area (Å²) in [7, 11) is 0. The zero-order chi connectivity index (χ0) is 8.39. The smallest absolute Gasteiger partial charge is 0.0205 e. The fourth-order valence-electron chi connectivity index (χ4n) is 1.71.